The van der Waals surface area contributed by atoms with Crippen LogP contribution in [0.25, 0.3) is 0 Å². The summed E-state index contributed by atoms with van der Waals surface area (Å²) in [6.07, 6.45) is 2.07. The number of methoxy groups -OCH3 is 1. The van der Waals surface area contributed by atoms with Crippen LogP contribution in [0.4, 0.5) is 0 Å². The topological polar surface area (TPSA) is 47.6 Å². The van der Waals surface area contributed by atoms with Crippen molar-refractivity contribution < 1.29 is 14.3 Å². The van der Waals surface area contributed by atoms with Crippen molar-refractivity contribution in [2.45, 2.75) is 33.1 Å². The van der Waals surface area contributed by atoms with Gasteiger partial charge in [-0.2, -0.15) is 0 Å². The van der Waals surface area contributed by atoms with E-state index >= 15 is 0 Å². The van der Waals surface area contributed by atoms with Gasteiger partial charge in [0, 0.05) is 17.4 Å². The standard InChI is InChI=1S/C22H28BrNO3/c1-22(2,15-17-6-8-18(23)9-7-17)16-24-21(25)5-4-14-27-20-12-10-19(26-3)11-13-20/h6-13H,4-5,14-16H2,1-3H3,(H,24,25). The number of carbonyl (C=O) groups excluding carboxylic acids is 1. The largest absolute Gasteiger partial charge is 0.497 e. The number of benzene rings is 2. The lowest BCUT2D eigenvalue weighted by molar-refractivity contribution is -0.121. The Morgan fingerprint density at radius 1 is 1.04 bits per heavy atom. The van der Waals surface area contributed by atoms with Gasteiger partial charge >= 0.3 is 0 Å². The van der Waals surface area contributed by atoms with E-state index in [1.54, 1.807) is 7.11 Å². The summed E-state index contributed by atoms with van der Waals surface area (Å²) in [6, 6.07) is 15.8. The van der Waals surface area contributed by atoms with Gasteiger partial charge in [0.1, 0.15) is 11.5 Å². The summed E-state index contributed by atoms with van der Waals surface area (Å²) in [6.45, 7) is 5.51. The van der Waals surface area contributed by atoms with E-state index in [1.807, 2.05) is 36.4 Å². The maximum atomic E-state index is 12.1. The van der Waals surface area contributed by atoms with Crippen LogP contribution < -0.4 is 14.8 Å². The summed E-state index contributed by atoms with van der Waals surface area (Å²) in [5.74, 6) is 1.65. The molecule has 5 heteroatoms. The van der Waals surface area contributed by atoms with Gasteiger partial charge in [-0.25, -0.2) is 0 Å². The second kappa shape index (κ2) is 10.4. The molecule has 27 heavy (non-hydrogen) atoms. The highest BCUT2D eigenvalue weighted by Gasteiger charge is 2.19. The molecule has 2 rings (SSSR count). The zero-order chi connectivity index (χ0) is 19.7. The fraction of sp³-hybridized carbons (Fsp3) is 0.409. The maximum absolute atomic E-state index is 12.1. The minimum atomic E-state index is 0.00306. The Kier molecular flexibility index (Phi) is 8.17. The molecule has 0 aliphatic carbocycles. The van der Waals surface area contributed by atoms with E-state index in [0.29, 0.717) is 26.0 Å². The maximum Gasteiger partial charge on any atom is 0.220 e. The molecule has 0 aliphatic heterocycles. The van der Waals surface area contributed by atoms with Gasteiger partial charge in [0.05, 0.1) is 13.7 Å². The molecule has 0 unspecified atom stereocenters. The van der Waals surface area contributed by atoms with E-state index in [2.05, 4.69) is 47.2 Å². The molecule has 0 heterocycles. The molecule has 4 nitrogen and oxygen atoms in total. The van der Waals surface area contributed by atoms with Gasteiger partial charge in [0.15, 0.2) is 0 Å². The lowest BCUT2D eigenvalue weighted by Gasteiger charge is -2.25. The van der Waals surface area contributed by atoms with E-state index in [-0.39, 0.29) is 11.3 Å². The molecule has 0 spiro atoms. The number of hydrogen-bond donors (Lipinski definition) is 1. The lowest BCUT2D eigenvalue weighted by atomic mass is 9.85. The van der Waals surface area contributed by atoms with Gasteiger partial charge in [-0.3, -0.25) is 4.79 Å². The summed E-state index contributed by atoms with van der Waals surface area (Å²) in [5, 5.41) is 3.05. The van der Waals surface area contributed by atoms with Crippen LogP contribution >= 0.6 is 15.9 Å². The molecule has 0 bridgehead atoms. The van der Waals surface area contributed by atoms with Gasteiger partial charge in [0.2, 0.25) is 5.91 Å². The van der Waals surface area contributed by atoms with Crippen molar-refractivity contribution in [3.63, 3.8) is 0 Å². The molecular formula is C22H28BrNO3. The molecule has 0 saturated carbocycles. The van der Waals surface area contributed by atoms with E-state index in [1.165, 1.54) is 5.56 Å². The molecule has 0 saturated heterocycles. The summed E-state index contributed by atoms with van der Waals surface area (Å²) in [7, 11) is 1.63. The molecule has 2 aromatic carbocycles. The Morgan fingerprint density at radius 3 is 2.30 bits per heavy atom. The van der Waals surface area contributed by atoms with Gasteiger partial charge in [0.25, 0.3) is 0 Å². The second-order valence-corrected chi connectivity index (χ2v) is 8.29. The predicted octanol–water partition coefficient (Wildman–Crippen LogP) is 5.00. The third kappa shape index (κ3) is 8.04. The summed E-state index contributed by atoms with van der Waals surface area (Å²) < 4.78 is 11.8. The van der Waals surface area contributed by atoms with Crippen LogP contribution in [0.1, 0.15) is 32.3 Å². The molecule has 2 aromatic rings. The molecule has 0 fully saturated rings. The van der Waals surface area contributed by atoms with Gasteiger partial charge in [-0.1, -0.05) is 41.9 Å². The van der Waals surface area contributed by atoms with Crippen LogP contribution in [0.3, 0.4) is 0 Å². The molecule has 1 amide bonds. The molecule has 0 aliphatic rings. The van der Waals surface area contributed by atoms with Gasteiger partial charge in [-0.15, -0.1) is 0 Å². The molecule has 0 radical (unpaired) electrons. The Morgan fingerprint density at radius 2 is 1.67 bits per heavy atom. The second-order valence-electron chi connectivity index (χ2n) is 7.37. The van der Waals surface area contributed by atoms with Crippen molar-refractivity contribution in [3.8, 4) is 11.5 Å². The molecular weight excluding hydrogens is 406 g/mol. The number of hydrogen-bond acceptors (Lipinski definition) is 3. The molecule has 0 aromatic heterocycles. The highest BCUT2D eigenvalue weighted by atomic mass is 79.9. The fourth-order valence-corrected chi connectivity index (χ4v) is 3.00. The zero-order valence-corrected chi connectivity index (χ0v) is 17.8. The van der Waals surface area contributed by atoms with Crippen LogP contribution in [0, 0.1) is 5.41 Å². The van der Waals surface area contributed by atoms with Crippen LogP contribution in [-0.4, -0.2) is 26.2 Å². The monoisotopic (exact) mass is 433 g/mol. The number of nitrogens with one attached hydrogen (secondary N) is 1. The molecule has 146 valence electrons. The van der Waals surface area contributed by atoms with Crippen molar-refractivity contribution >= 4 is 21.8 Å². The Hall–Kier alpha value is -2.01. The smallest absolute Gasteiger partial charge is 0.220 e. The molecule has 1 N–H and O–H groups in total. The molecule has 0 atom stereocenters. The Labute approximate surface area is 170 Å². The van der Waals surface area contributed by atoms with Crippen molar-refractivity contribution in [1.82, 2.24) is 5.32 Å². The SMILES string of the molecule is COc1ccc(OCCCC(=O)NCC(C)(C)Cc2ccc(Br)cc2)cc1. The van der Waals surface area contributed by atoms with Crippen LogP contribution in [0.15, 0.2) is 53.0 Å². The normalized spacial score (nSPS) is 11.1. The van der Waals surface area contributed by atoms with E-state index < -0.39 is 0 Å². The predicted molar refractivity (Wildman–Crippen MR) is 112 cm³/mol. The first kappa shape index (κ1) is 21.3. The van der Waals surface area contributed by atoms with Crippen molar-refractivity contribution in [2.24, 2.45) is 5.41 Å². The Balaban J connectivity index is 1.65. The van der Waals surface area contributed by atoms with E-state index in [4.69, 9.17) is 9.47 Å². The first-order chi connectivity index (χ1) is 12.9. The minimum absolute atomic E-state index is 0.00306. The van der Waals surface area contributed by atoms with Crippen LogP contribution in [-0.2, 0) is 11.2 Å². The third-order valence-electron chi connectivity index (χ3n) is 4.24. The van der Waals surface area contributed by atoms with E-state index in [9.17, 15) is 4.79 Å². The number of halogens is 1. The average Bonchev–Trinajstić information content (AvgIpc) is 2.66. The van der Waals surface area contributed by atoms with Crippen molar-refractivity contribution in [1.29, 1.82) is 0 Å². The minimum Gasteiger partial charge on any atom is -0.497 e. The summed E-state index contributed by atoms with van der Waals surface area (Å²) in [5.41, 5.74) is 1.27. The van der Waals surface area contributed by atoms with Gasteiger partial charge in [-0.05, 0) is 60.2 Å². The quantitative estimate of drug-likeness (QED) is 0.536. The Bertz CT molecular complexity index is 711. The first-order valence-corrected chi connectivity index (χ1v) is 9.95. The van der Waals surface area contributed by atoms with Gasteiger partial charge < -0.3 is 14.8 Å². The highest BCUT2D eigenvalue weighted by molar-refractivity contribution is 9.10. The van der Waals surface area contributed by atoms with Crippen molar-refractivity contribution in [3.05, 3.63) is 58.6 Å². The van der Waals surface area contributed by atoms with Crippen LogP contribution in [0.5, 0.6) is 11.5 Å². The highest BCUT2D eigenvalue weighted by Crippen LogP contribution is 2.22. The summed E-state index contributed by atoms with van der Waals surface area (Å²) >= 11 is 3.45. The number of ether oxygens (including phenoxy) is 2. The number of carbonyl (C=O) groups is 1. The zero-order valence-electron chi connectivity index (χ0n) is 16.3. The van der Waals surface area contributed by atoms with Crippen LogP contribution in [0.2, 0.25) is 0 Å². The lowest BCUT2D eigenvalue weighted by Crippen LogP contribution is -2.35. The fourth-order valence-electron chi connectivity index (χ4n) is 2.74. The van der Waals surface area contributed by atoms with Crippen molar-refractivity contribution in [2.75, 3.05) is 20.3 Å². The average molecular weight is 434 g/mol. The number of amides is 1. The third-order valence-corrected chi connectivity index (χ3v) is 4.77. The first-order valence-electron chi connectivity index (χ1n) is 9.16. The summed E-state index contributed by atoms with van der Waals surface area (Å²) in [4.78, 5) is 12.1. The van der Waals surface area contributed by atoms with E-state index in [0.717, 1.165) is 22.4 Å². The number of rotatable bonds is 10.